The van der Waals surface area contributed by atoms with Gasteiger partial charge in [0.2, 0.25) is 0 Å². The van der Waals surface area contributed by atoms with Gasteiger partial charge in [0, 0.05) is 10.7 Å². The van der Waals surface area contributed by atoms with Crippen molar-refractivity contribution in [2.24, 2.45) is 0 Å². The van der Waals surface area contributed by atoms with Crippen LogP contribution >= 0.6 is 15.9 Å². The maximum atomic E-state index is 7.20. The average molecular weight is 260 g/mol. The predicted octanol–water partition coefficient (Wildman–Crippen LogP) is 4.11. The summed E-state index contributed by atoms with van der Waals surface area (Å²) in [7, 11) is 0. The van der Waals surface area contributed by atoms with Gasteiger partial charge in [-0.1, -0.05) is 46.3 Å². The fourth-order valence-electron chi connectivity index (χ4n) is 1.45. The average Bonchev–Trinajstić information content (AvgIpc) is 2.30. The highest BCUT2D eigenvalue weighted by Gasteiger charge is 1.97. The van der Waals surface area contributed by atoms with Crippen molar-refractivity contribution in [1.29, 1.82) is 5.41 Å². The van der Waals surface area contributed by atoms with Crippen LogP contribution < -0.4 is 0 Å². The van der Waals surface area contributed by atoms with E-state index in [0.717, 1.165) is 15.6 Å². The van der Waals surface area contributed by atoms with Crippen LogP contribution in [0, 0.1) is 5.41 Å². The van der Waals surface area contributed by atoms with E-state index in [2.05, 4.69) is 34.1 Å². The van der Waals surface area contributed by atoms with Gasteiger partial charge in [0.15, 0.2) is 0 Å². The lowest BCUT2D eigenvalue weighted by Crippen LogP contribution is -1.82. The molecule has 0 aliphatic rings. The lowest BCUT2D eigenvalue weighted by atomic mass is 10.0. The number of benzene rings is 2. The van der Waals surface area contributed by atoms with E-state index in [4.69, 9.17) is 5.41 Å². The van der Waals surface area contributed by atoms with Gasteiger partial charge >= 0.3 is 0 Å². The van der Waals surface area contributed by atoms with Crippen molar-refractivity contribution in [2.45, 2.75) is 0 Å². The van der Waals surface area contributed by atoms with Gasteiger partial charge in [-0.05, 0) is 34.9 Å². The Labute approximate surface area is 97.4 Å². The zero-order valence-electron chi connectivity index (χ0n) is 8.07. The van der Waals surface area contributed by atoms with Gasteiger partial charge < -0.3 is 5.41 Å². The summed E-state index contributed by atoms with van der Waals surface area (Å²) in [6.45, 7) is 0. The molecule has 74 valence electrons. The van der Waals surface area contributed by atoms with E-state index >= 15 is 0 Å². The fraction of sp³-hybridized carbons (Fsp3) is 0. The van der Waals surface area contributed by atoms with E-state index in [0.29, 0.717) is 0 Å². The van der Waals surface area contributed by atoms with Gasteiger partial charge in [-0.2, -0.15) is 0 Å². The van der Waals surface area contributed by atoms with Gasteiger partial charge in [0.05, 0.1) is 0 Å². The molecular weight excluding hydrogens is 250 g/mol. The fourth-order valence-corrected chi connectivity index (χ4v) is 1.71. The smallest absolute Gasteiger partial charge is 0.0250 e. The second kappa shape index (κ2) is 4.41. The van der Waals surface area contributed by atoms with Gasteiger partial charge in [0.1, 0.15) is 0 Å². The number of hydrogen-bond acceptors (Lipinski definition) is 1. The zero-order chi connectivity index (χ0) is 10.7. The Morgan fingerprint density at radius 3 is 2.33 bits per heavy atom. The molecule has 2 aromatic carbocycles. The molecule has 0 amide bonds. The topological polar surface area (TPSA) is 23.9 Å². The van der Waals surface area contributed by atoms with E-state index in [1.165, 1.54) is 11.8 Å². The standard InChI is InChI=1S/C13H10BrN/c14-13-6-4-11(5-7-13)12-3-1-2-10(8-12)9-15/h1-9,15H. The molecule has 2 aromatic rings. The lowest BCUT2D eigenvalue weighted by Gasteiger charge is -2.02. The molecule has 15 heavy (non-hydrogen) atoms. The highest BCUT2D eigenvalue weighted by atomic mass is 79.9. The molecule has 0 fully saturated rings. The highest BCUT2D eigenvalue weighted by Crippen LogP contribution is 2.22. The maximum Gasteiger partial charge on any atom is 0.0250 e. The molecule has 1 nitrogen and oxygen atoms in total. The molecule has 0 aliphatic heterocycles. The summed E-state index contributed by atoms with van der Waals surface area (Å²) < 4.78 is 1.08. The Hall–Kier alpha value is -1.41. The first-order valence-electron chi connectivity index (χ1n) is 4.66. The summed E-state index contributed by atoms with van der Waals surface area (Å²) in [6, 6.07) is 16.1. The minimum absolute atomic E-state index is 0.926. The molecule has 0 unspecified atom stereocenters. The quantitative estimate of drug-likeness (QED) is 0.785. The molecule has 0 saturated heterocycles. The second-order valence-corrected chi connectivity index (χ2v) is 4.19. The van der Waals surface area contributed by atoms with E-state index in [-0.39, 0.29) is 0 Å². The Morgan fingerprint density at radius 1 is 0.933 bits per heavy atom. The Balaban J connectivity index is 2.44. The number of hydrogen-bond donors (Lipinski definition) is 1. The first kappa shape index (κ1) is 10.1. The largest absolute Gasteiger partial charge is 0.308 e. The molecule has 0 radical (unpaired) electrons. The number of halogens is 1. The molecule has 0 saturated carbocycles. The van der Waals surface area contributed by atoms with E-state index < -0.39 is 0 Å². The van der Waals surface area contributed by atoms with Crippen LogP contribution in [0.1, 0.15) is 5.56 Å². The molecule has 0 spiro atoms. The summed E-state index contributed by atoms with van der Waals surface area (Å²) >= 11 is 3.41. The van der Waals surface area contributed by atoms with Gasteiger partial charge in [0.25, 0.3) is 0 Å². The van der Waals surface area contributed by atoms with E-state index in [1.807, 2.05) is 30.3 Å². The predicted molar refractivity (Wildman–Crippen MR) is 67.5 cm³/mol. The molecule has 0 atom stereocenters. The van der Waals surface area contributed by atoms with Crippen molar-refractivity contribution in [2.75, 3.05) is 0 Å². The summed E-state index contributed by atoms with van der Waals surface area (Å²) in [6.07, 6.45) is 1.36. The normalized spacial score (nSPS) is 9.93. The summed E-state index contributed by atoms with van der Waals surface area (Å²) in [4.78, 5) is 0. The molecule has 0 bridgehead atoms. The Kier molecular flexibility index (Phi) is 2.97. The van der Waals surface area contributed by atoms with Crippen LogP contribution in [0.4, 0.5) is 0 Å². The van der Waals surface area contributed by atoms with Crippen molar-refractivity contribution in [3.63, 3.8) is 0 Å². The maximum absolute atomic E-state index is 7.20. The van der Waals surface area contributed by atoms with Gasteiger partial charge in [-0.15, -0.1) is 0 Å². The molecule has 2 heteroatoms. The number of nitrogens with one attached hydrogen (secondary N) is 1. The minimum atomic E-state index is 0.926. The van der Waals surface area contributed by atoms with Gasteiger partial charge in [-0.25, -0.2) is 0 Å². The van der Waals surface area contributed by atoms with Crippen molar-refractivity contribution in [3.05, 3.63) is 58.6 Å². The minimum Gasteiger partial charge on any atom is -0.308 e. The van der Waals surface area contributed by atoms with Crippen molar-refractivity contribution >= 4 is 22.1 Å². The first-order valence-corrected chi connectivity index (χ1v) is 5.45. The van der Waals surface area contributed by atoms with Crippen molar-refractivity contribution in [3.8, 4) is 11.1 Å². The molecule has 2 rings (SSSR count). The summed E-state index contributed by atoms with van der Waals surface area (Å²) in [5.41, 5.74) is 3.24. The Morgan fingerprint density at radius 2 is 1.67 bits per heavy atom. The van der Waals surface area contributed by atoms with Crippen LogP contribution in [0.2, 0.25) is 0 Å². The van der Waals surface area contributed by atoms with Crippen LogP contribution in [0.3, 0.4) is 0 Å². The monoisotopic (exact) mass is 259 g/mol. The molecule has 0 aliphatic carbocycles. The first-order chi connectivity index (χ1) is 7.29. The van der Waals surface area contributed by atoms with Crippen LogP contribution in [-0.4, -0.2) is 6.21 Å². The number of rotatable bonds is 2. The van der Waals surface area contributed by atoms with Crippen molar-refractivity contribution < 1.29 is 0 Å². The zero-order valence-corrected chi connectivity index (χ0v) is 9.66. The molecule has 0 aromatic heterocycles. The lowest BCUT2D eigenvalue weighted by molar-refractivity contribution is 1.53. The SMILES string of the molecule is N=Cc1cccc(-c2ccc(Br)cc2)c1. The molecule has 1 N–H and O–H groups in total. The van der Waals surface area contributed by atoms with Gasteiger partial charge in [-0.3, -0.25) is 0 Å². The molecule has 0 heterocycles. The van der Waals surface area contributed by atoms with E-state index in [1.54, 1.807) is 0 Å². The van der Waals surface area contributed by atoms with Crippen LogP contribution in [0.25, 0.3) is 11.1 Å². The highest BCUT2D eigenvalue weighted by molar-refractivity contribution is 9.10. The van der Waals surface area contributed by atoms with Crippen LogP contribution in [-0.2, 0) is 0 Å². The summed E-state index contributed by atoms with van der Waals surface area (Å²) in [5, 5.41) is 7.20. The Bertz CT molecular complexity index is 474. The van der Waals surface area contributed by atoms with E-state index in [9.17, 15) is 0 Å². The molecular formula is C13H10BrN. The van der Waals surface area contributed by atoms with Crippen LogP contribution in [0.15, 0.2) is 53.0 Å². The third-order valence-corrected chi connectivity index (χ3v) is 2.76. The third kappa shape index (κ3) is 2.34. The van der Waals surface area contributed by atoms with Crippen LogP contribution in [0.5, 0.6) is 0 Å². The second-order valence-electron chi connectivity index (χ2n) is 3.28. The third-order valence-electron chi connectivity index (χ3n) is 2.23. The summed E-state index contributed by atoms with van der Waals surface area (Å²) in [5.74, 6) is 0. The van der Waals surface area contributed by atoms with Crippen molar-refractivity contribution in [1.82, 2.24) is 0 Å².